The Balaban J connectivity index is 2.35. The van der Waals surface area contributed by atoms with Crippen LogP contribution in [-0.2, 0) is 6.42 Å². The first kappa shape index (κ1) is 14.2. The van der Waals surface area contributed by atoms with Gasteiger partial charge in [-0.3, -0.25) is 0 Å². The molecule has 0 aromatic carbocycles. The van der Waals surface area contributed by atoms with Crippen LogP contribution in [0.5, 0.6) is 0 Å². The number of rotatable bonds is 6. The Kier molecular flexibility index (Phi) is 5.48. The number of thiophene rings is 1. The molecule has 92 valence electrons. The van der Waals surface area contributed by atoms with Crippen molar-refractivity contribution in [2.45, 2.75) is 46.6 Å². The van der Waals surface area contributed by atoms with Gasteiger partial charge >= 0.3 is 0 Å². The summed E-state index contributed by atoms with van der Waals surface area (Å²) in [5.41, 5.74) is 0.376. The normalized spacial score (nSPS) is 12.4. The van der Waals surface area contributed by atoms with Gasteiger partial charge in [-0.25, -0.2) is 0 Å². The predicted octanol–water partition coefficient (Wildman–Crippen LogP) is 4.47. The summed E-state index contributed by atoms with van der Waals surface area (Å²) >= 11 is 5.36. The van der Waals surface area contributed by atoms with E-state index in [1.807, 2.05) is 11.3 Å². The average molecular weight is 304 g/mol. The second kappa shape index (κ2) is 6.18. The lowest BCUT2D eigenvalue weighted by atomic mass is 9.87. The van der Waals surface area contributed by atoms with Crippen LogP contribution in [-0.4, -0.2) is 12.6 Å². The summed E-state index contributed by atoms with van der Waals surface area (Å²) in [6, 6.07) is 4.94. The second-order valence-corrected chi connectivity index (χ2v) is 7.95. The lowest BCUT2D eigenvalue weighted by Gasteiger charge is -2.26. The van der Waals surface area contributed by atoms with Crippen molar-refractivity contribution in [3.05, 3.63) is 20.8 Å². The maximum atomic E-state index is 3.52. The molecule has 0 amide bonds. The van der Waals surface area contributed by atoms with Gasteiger partial charge in [0, 0.05) is 17.5 Å². The highest BCUT2D eigenvalue weighted by Crippen LogP contribution is 2.27. The largest absolute Gasteiger partial charge is 0.314 e. The Morgan fingerprint density at radius 3 is 2.56 bits per heavy atom. The zero-order valence-corrected chi connectivity index (χ0v) is 13.0. The highest BCUT2D eigenvalue weighted by atomic mass is 79.9. The third kappa shape index (κ3) is 5.46. The first-order valence-corrected chi connectivity index (χ1v) is 7.47. The standard InChI is InChI=1S/C13H22BrNS/c1-10(2)15-9-13(3,4)8-7-11-5-6-12(14)16-11/h5-6,10,15H,7-9H2,1-4H3. The van der Waals surface area contributed by atoms with E-state index in [2.05, 4.69) is 61.1 Å². The van der Waals surface area contributed by atoms with E-state index in [0.717, 1.165) is 6.54 Å². The summed E-state index contributed by atoms with van der Waals surface area (Å²) in [6.07, 6.45) is 2.42. The molecule has 0 unspecified atom stereocenters. The topological polar surface area (TPSA) is 12.0 Å². The fourth-order valence-electron chi connectivity index (χ4n) is 1.52. The molecule has 1 aromatic rings. The molecular weight excluding hydrogens is 282 g/mol. The summed E-state index contributed by atoms with van der Waals surface area (Å²) in [6.45, 7) is 10.2. The van der Waals surface area contributed by atoms with Gasteiger partial charge in [-0.05, 0) is 46.3 Å². The minimum absolute atomic E-state index is 0.376. The fraction of sp³-hybridized carbons (Fsp3) is 0.692. The maximum Gasteiger partial charge on any atom is 0.0701 e. The Morgan fingerprint density at radius 1 is 1.38 bits per heavy atom. The number of hydrogen-bond donors (Lipinski definition) is 1. The van der Waals surface area contributed by atoms with Crippen molar-refractivity contribution >= 4 is 27.3 Å². The summed E-state index contributed by atoms with van der Waals surface area (Å²) in [7, 11) is 0. The zero-order valence-electron chi connectivity index (χ0n) is 10.6. The zero-order chi connectivity index (χ0) is 12.2. The van der Waals surface area contributed by atoms with E-state index in [-0.39, 0.29) is 0 Å². The molecule has 0 bridgehead atoms. The van der Waals surface area contributed by atoms with Gasteiger partial charge in [0.25, 0.3) is 0 Å². The Morgan fingerprint density at radius 2 is 2.06 bits per heavy atom. The molecular formula is C13H22BrNS. The second-order valence-electron chi connectivity index (χ2n) is 5.41. The van der Waals surface area contributed by atoms with Gasteiger partial charge in [-0.15, -0.1) is 11.3 Å². The molecule has 1 N–H and O–H groups in total. The van der Waals surface area contributed by atoms with Crippen LogP contribution >= 0.6 is 27.3 Å². The molecule has 1 nitrogen and oxygen atoms in total. The van der Waals surface area contributed by atoms with Crippen molar-refractivity contribution in [1.82, 2.24) is 5.32 Å². The van der Waals surface area contributed by atoms with E-state index in [4.69, 9.17) is 0 Å². The van der Waals surface area contributed by atoms with Gasteiger partial charge in [0.1, 0.15) is 0 Å². The third-order valence-corrected chi connectivity index (χ3v) is 4.35. The van der Waals surface area contributed by atoms with Gasteiger partial charge in [0.2, 0.25) is 0 Å². The van der Waals surface area contributed by atoms with E-state index in [0.29, 0.717) is 11.5 Å². The Hall–Kier alpha value is 0.140. The molecule has 0 spiro atoms. The van der Waals surface area contributed by atoms with Crippen LogP contribution in [0.3, 0.4) is 0 Å². The summed E-state index contributed by atoms with van der Waals surface area (Å²) in [5, 5.41) is 3.52. The monoisotopic (exact) mass is 303 g/mol. The molecule has 1 aromatic heterocycles. The molecule has 0 atom stereocenters. The van der Waals surface area contributed by atoms with Gasteiger partial charge in [0.15, 0.2) is 0 Å². The molecule has 0 radical (unpaired) electrons. The van der Waals surface area contributed by atoms with Crippen LogP contribution in [0.1, 0.15) is 39.0 Å². The molecule has 1 rings (SSSR count). The molecule has 0 fully saturated rings. The minimum atomic E-state index is 0.376. The third-order valence-electron chi connectivity index (χ3n) is 2.67. The molecule has 0 aliphatic heterocycles. The number of nitrogens with one attached hydrogen (secondary N) is 1. The van der Waals surface area contributed by atoms with Crippen molar-refractivity contribution in [2.24, 2.45) is 5.41 Å². The van der Waals surface area contributed by atoms with Crippen LogP contribution in [0.2, 0.25) is 0 Å². The fourth-order valence-corrected chi connectivity index (χ4v) is 3.00. The van der Waals surface area contributed by atoms with E-state index >= 15 is 0 Å². The lowest BCUT2D eigenvalue weighted by molar-refractivity contribution is 0.305. The number of hydrogen-bond acceptors (Lipinski definition) is 2. The van der Waals surface area contributed by atoms with E-state index in [1.54, 1.807) is 0 Å². The van der Waals surface area contributed by atoms with Crippen molar-refractivity contribution in [3.8, 4) is 0 Å². The summed E-state index contributed by atoms with van der Waals surface area (Å²) in [5.74, 6) is 0. The van der Waals surface area contributed by atoms with Crippen LogP contribution in [0.15, 0.2) is 15.9 Å². The van der Waals surface area contributed by atoms with Crippen molar-refractivity contribution in [3.63, 3.8) is 0 Å². The lowest BCUT2D eigenvalue weighted by Crippen LogP contribution is -2.34. The molecule has 1 heterocycles. The predicted molar refractivity (Wildman–Crippen MR) is 77.3 cm³/mol. The summed E-state index contributed by atoms with van der Waals surface area (Å²) < 4.78 is 1.24. The maximum absolute atomic E-state index is 3.52. The van der Waals surface area contributed by atoms with E-state index < -0.39 is 0 Å². The highest BCUT2D eigenvalue weighted by Gasteiger charge is 2.18. The van der Waals surface area contributed by atoms with Crippen molar-refractivity contribution < 1.29 is 0 Å². The quantitative estimate of drug-likeness (QED) is 0.818. The van der Waals surface area contributed by atoms with Gasteiger partial charge in [-0.2, -0.15) is 0 Å². The molecule has 0 saturated carbocycles. The molecule has 0 aliphatic rings. The number of aryl methyl sites for hydroxylation is 1. The van der Waals surface area contributed by atoms with Crippen molar-refractivity contribution in [1.29, 1.82) is 0 Å². The molecule has 0 saturated heterocycles. The summed E-state index contributed by atoms with van der Waals surface area (Å²) in [4.78, 5) is 1.48. The highest BCUT2D eigenvalue weighted by molar-refractivity contribution is 9.11. The van der Waals surface area contributed by atoms with Gasteiger partial charge in [-0.1, -0.05) is 27.7 Å². The average Bonchev–Trinajstić information content (AvgIpc) is 2.59. The van der Waals surface area contributed by atoms with Crippen LogP contribution in [0.4, 0.5) is 0 Å². The molecule has 16 heavy (non-hydrogen) atoms. The van der Waals surface area contributed by atoms with E-state index in [9.17, 15) is 0 Å². The Bertz CT molecular complexity index is 317. The first-order chi connectivity index (χ1) is 7.39. The minimum Gasteiger partial charge on any atom is -0.314 e. The number of halogens is 1. The Labute approximate surface area is 112 Å². The molecule has 0 aliphatic carbocycles. The van der Waals surface area contributed by atoms with Gasteiger partial charge in [0.05, 0.1) is 3.79 Å². The van der Waals surface area contributed by atoms with Crippen LogP contribution < -0.4 is 5.32 Å². The first-order valence-electron chi connectivity index (χ1n) is 5.87. The van der Waals surface area contributed by atoms with E-state index in [1.165, 1.54) is 21.5 Å². The SMILES string of the molecule is CC(C)NCC(C)(C)CCc1ccc(Br)s1. The van der Waals surface area contributed by atoms with Crippen molar-refractivity contribution in [2.75, 3.05) is 6.54 Å². The van der Waals surface area contributed by atoms with Crippen LogP contribution in [0, 0.1) is 5.41 Å². The van der Waals surface area contributed by atoms with Crippen LogP contribution in [0.25, 0.3) is 0 Å². The van der Waals surface area contributed by atoms with Gasteiger partial charge < -0.3 is 5.32 Å². The smallest absolute Gasteiger partial charge is 0.0701 e. The molecule has 3 heteroatoms.